The molecule has 488 valence electrons. The molecule has 0 bridgehead atoms. The summed E-state index contributed by atoms with van der Waals surface area (Å²) in [7, 11) is 0. The molecular formula is C76H149NO5. The van der Waals surface area contributed by atoms with Crippen LogP contribution in [-0.2, 0) is 14.3 Å². The minimum absolute atomic E-state index is 0.0190. The molecule has 0 aliphatic heterocycles. The third-order valence-electron chi connectivity index (χ3n) is 18.1. The molecule has 0 spiro atoms. The Balaban J connectivity index is 3.38. The van der Waals surface area contributed by atoms with Crippen LogP contribution in [0, 0.1) is 0 Å². The quantitative estimate of drug-likeness (QED) is 0.0320. The van der Waals surface area contributed by atoms with Crippen LogP contribution in [0.3, 0.4) is 0 Å². The molecule has 2 unspecified atom stereocenters. The van der Waals surface area contributed by atoms with Crippen LogP contribution in [0.25, 0.3) is 0 Å². The van der Waals surface area contributed by atoms with Gasteiger partial charge in [0.05, 0.1) is 25.4 Å². The molecule has 0 aliphatic carbocycles. The second-order valence-corrected chi connectivity index (χ2v) is 26.4. The molecule has 0 radical (unpaired) electrons. The largest absolute Gasteiger partial charge is 0.466 e. The van der Waals surface area contributed by atoms with Crippen molar-refractivity contribution in [2.45, 2.75) is 450 Å². The summed E-state index contributed by atoms with van der Waals surface area (Å²) < 4.78 is 5.52. The van der Waals surface area contributed by atoms with Gasteiger partial charge in [0.25, 0.3) is 0 Å². The number of allylic oxidation sites excluding steroid dienone is 1. The van der Waals surface area contributed by atoms with Gasteiger partial charge in [-0.3, -0.25) is 9.59 Å². The van der Waals surface area contributed by atoms with E-state index in [1.54, 1.807) is 6.08 Å². The lowest BCUT2D eigenvalue weighted by molar-refractivity contribution is -0.143. The first-order valence-corrected chi connectivity index (χ1v) is 38.0. The van der Waals surface area contributed by atoms with Crippen LogP contribution in [0.5, 0.6) is 0 Å². The van der Waals surface area contributed by atoms with Gasteiger partial charge in [-0.15, -0.1) is 0 Å². The zero-order valence-electron chi connectivity index (χ0n) is 56.0. The first-order valence-electron chi connectivity index (χ1n) is 38.0. The number of ether oxygens (including phenoxy) is 1. The van der Waals surface area contributed by atoms with Gasteiger partial charge in [-0.1, -0.05) is 405 Å². The normalized spacial score (nSPS) is 12.5. The third kappa shape index (κ3) is 67.7. The van der Waals surface area contributed by atoms with Crippen LogP contribution in [0.1, 0.15) is 438 Å². The molecule has 0 aromatic rings. The fourth-order valence-electron chi connectivity index (χ4n) is 12.3. The highest BCUT2D eigenvalue weighted by molar-refractivity contribution is 5.76. The first kappa shape index (κ1) is 80.6. The fourth-order valence-corrected chi connectivity index (χ4v) is 12.3. The summed E-state index contributed by atoms with van der Waals surface area (Å²) >= 11 is 0. The van der Waals surface area contributed by atoms with Gasteiger partial charge in [-0.2, -0.15) is 0 Å². The summed E-state index contributed by atoms with van der Waals surface area (Å²) in [6, 6.07) is -0.629. The highest BCUT2D eigenvalue weighted by Gasteiger charge is 2.18. The number of esters is 1. The Kier molecular flexibility index (Phi) is 70.8. The van der Waals surface area contributed by atoms with Crippen molar-refractivity contribution in [2.75, 3.05) is 13.2 Å². The maximum absolute atomic E-state index is 12.5. The van der Waals surface area contributed by atoms with Crippen molar-refractivity contribution >= 4 is 11.9 Å². The number of carbonyl (C=O) groups excluding carboxylic acids is 2. The van der Waals surface area contributed by atoms with E-state index in [2.05, 4.69) is 19.2 Å². The van der Waals surface area contributed by atoms with Gasteiger partial charge in [-0.05, 0) is 32.1 Å². The Bertz CT molecular complexity index is 1240. The molecule has 0 fully saturated rings. The number of nitrogens with one attached hydrogen (secondary N) is 1. The lowest BCUT2D eigenvalue weighted by atomic mass is 10.0. The van der Waals surface area contributed by atoms with Crippen LogP contribution < -0.4 is 5.32 Å². The molecule has 3 N–H and O–H groups in total. The van der Waals surface area contributed by atoms with E-state index in [1.165, 1.54) is 372 Å². The molecule has 0 aromatic heterocycles. The zero-order chi connectivity index (χ0) is 59.2. The summed E-state index contributed by atoms with van der Waals surface area (Å²) in [5.41, 5.74) is 0. The average molecular weight is 1160 g/mol. The average Bonchev–Trinajstić information content (AvgIpc) is 3.48. The van der Waals surface area contributed by atoms with Gasteiger partial charge in [0, 0.05) is 12.8 Å². The topological polar surface area (TPSA) is 95.9 Å². The highest BCUT2D eigenvalue weighted by Crippen LogP contribution is 2.20. The first-order chi connectivity index (χ1) is 40.5. The molecule has 0 heterocycles. The maximum Gasteiger partial charge on any atom is 0.305 e. The van der Waals surface area contributed by atoms with E-state index in [-0.39, 0.29) is 18.5 Å². The predicted molar refractivity (Wildman–Crippen MR) is 361 cm³/mol. The predicted octanol–water partition coefficient (Wildman–Crippen LogP) is 24.7. The van der Waals surface area contributed by atoms with Crippen LogP contribution in [0.2, 0.25) is 0 Å². The number of aliphatic hydroxyl groups excluding tert-OH is 2. The maximum atomic E-state index is 12.5. The number of hydrogen-bond acceptors (Lipinski definition) is 5. The van der Waals surface area contributed by atoms with Gasteiger partial charge in [0.1, 0.15) is 0 Å². The molecule has 2 atom stereocenters. The Morgan fingerprint density at radius 2 is 0.561 bits per heavy atom. The second kappa shape index (κ2) is 72.1. The lowest BCUT2D eigenvalue weighted by Gasteiger charge is -2.20. The van der Waals surface area contributed by atoms with Crippen LogP contribution in [-0.4, -0.2) is 47.4 Å². The van der Waals surface area contributed by atoms with Gasteiger partial charge in [0.2, 0.25) is 5.91 Å². The highest BCUT2D eigenvalue weighted by atomic mass is 16.5. The summed E-state index contributed by atoms with van der Waals surface area (Å²) in [5.74, 6) is -0.0436. The Morgan fingerprint density at radius 1 is 0.329 bits per heavy atom. The molecule has 0 aliphatic rings. The molecule has 0 saturated heterocycles. The van der Waals surface area contributed by atoms with Crippen molar-refractivity contribution < 1.29 is 24.5 Å². The van der Waals surface area contributed by atoms with Crippen LogP contribution >= 0.6 is 0 Å². The molecule has 1 amide bonds. The van der Waals surface area contributed by atoms with Crippen molar-refractivity contribution in [1.29, 1.82) is 0 Å². The second-order valence-electron chi connectivity index (χ2n) is 26.4. The summed E-state index contributed by atoms with van der Waals surface area (Å²) in [5, 5.41) is 23.3. The molecule has 0 saturated carbocycles. The monoisotopic (exact) mass is 1160 g/mol. The SMILES string of the molecule is CCCCCCCCCCCCCCCCCCCCCCCC/C=C/C(O)C(CO)NC(=O)CCCCCCCCCCCCCCCCCCCCCCCCOC(=O)CCCCCCCCCCCCCCCCCCCCC. The minimum Gasteiger partial charge on any atom is -0.466 e. The zero-order valence-corrected chi connectivity index (χ0v) is 56.0. The van der Waals surface area contributed by atoms with E-state index < -0.39 is 12.1 Å². The molecule has 6 nitrogen and oxygen atoms in total. The summed E-state index contributed by atoms with van der Waals surface area (Å²) in [6.07, 6.45) is 90.2. The Hall–Kier alpha value is -1.40. The van der Waals surface area contributed by atoms with Gasteiger partial charge >= 0.3 is 5.97 Å². The third-order valence-corrected chi connectivity index (χ3v) is 18.1. The molecule has 82 heavy (non-hydrogen) atoms. The van der Waals surface area contributed by atoms with Gasteiger partial charge in [0.15, 0.2) is 0 Å². The number of unbranched alkanes of at least 4 members (excludes halogenated alkanes) is 61. The van der Waals surface area contributed by atoms with Crippen LogP contribution in [0.15, 0.2) is 12.2 Å². The van der Waals surface area contributed by atoms with Crippen molar-refractivity contribution in [1.82, 2.24) is 5.32 Å². The fraction of sp³-hybridized carbons (Fsp3) is 0.947. The van der Waals surface area contributed by atoms with E-state index in [1.807, 2.05) is 6.08 Å². The molecule has 0 aromatic carbocycles. The molecule has 0 rings (SSSR count). The van der Waals surface area contributed by atoms with E-state index >= 15 is 0 Å². The summed E-state index contributed by atoms with van der Waals surface area (Å²) in [6.45, 7) is 4.96. The van der Waals surface area contributed by atoms with Gasteiger partial charge < -0.3 is 20.3 Å². The Labute approximate surface area is 514 Å². The smallest absolute Gasteiger partial charge is 0.305 e. The van der Waals surface area contributed by atoms with Gasteiger partial charge in [-0.25, -0.2) is 0 Å². The van der Waals surface area contributed by atoms with Crippen molar-refractivity contribution in [3.63, 3.8) is 0 Å². The van der Waals surface area contributed by atoms with Crippen molar-refractivity contribution in [3.8, 4) is 0 Å². The molecule has 6 heteroatoms. The van der Waals surface area contributed by atoms with Crippen LogP contribution in [0.4, 0.5) is 0 Å². The number of carbonyl (C=O) groups is 2. The Morgan fingerprint density at radius 3 is 0.829 bits per heavy atom. The van der Waals surface area contributed by atoms with E-state index in [0.29, 0.717) is 19.4 Å². The standard InChI is InChI=1S/C76H149NO5/c1-3-5-7-9-11-13-15-17-19-21-23-24-25-26-29-33-36-40-44-48-52-56-60-64-68-74(79)73(72-78)77-75(80)69-65-61-57-53-49-45-41-37-34-30-27-28-31-35-39-43-47-51-55-59-63-67-71-82-76(81)70-66-62-58-54-50-46-42-38-32-22-20-18-16-14-12-10-8-6-4-2/h64,68,73-74,78-79H,3-63,65-67,69-72H2,1-2H3,(H,77,80)/b68-64+. The van der Waals surface area contributed by atoms with E-state index in [0.717, 1.165) is 38.5 Å². The number of rotatable bonds is 72. The number of amides is 1. The van der Waals surface area contributed by atoms with Crippen molar-refractivity contribution in [2.24, 2.45) is 0 Å². The lowest BCUT2D eigenvalue weighted by Crippen LogP contribution is -2.45. The van der Waals surface area contributed by atoms with E-state index in [9.17, 15) is 19.8 Å². The minimum atomic E-state index is -0.846. The van der Waals surface area contributed by atoms with E-state index in [4.69, 9.17) is 4.74 Å². The van der Waals surface area contributed by atoms with Crippen molar-refractivity contribution in [3.05, 3.63) is 12.2 Å². The summed E-state index contributed by atoms with van der Waals surface area (Å²) in [4.78, 5) is 24.7. The molecular weight excluding hydrogens is 1010 g/mol. The number of hydrogen-bond donors (Lipinski definition) is 3. The number of aliphatic hydroxyl groups is 2.